The number of epoxide rings is 1. The Kier molecular flexibility index (Phi) is 33.5. The number of hydrogen-bond donors (Lipinski definition) is 0. The number of unbranched alkanes of at least 4 members (excludes halogenated alkanes) is 1. The average Bonchev–Trinajstić information content (AvgIpc) is 1.79. The van der Waals surface area contributed by atoms with E-state index in [0.717, 1.165) is 74.9 Å². The molecule has 0 N–H and O–H groups in total. The summed E-state index contributed by atoms with van der Waals surface area (Å²) in [4.78, 5) is 181. The first kappa shape index (κ1) is 81.5. The van der Waals surface area contributed by atoms with Gasteiger partial charge in [0, 0.05) is 20.6 Å². The lowest BCUT2D eigenvalue weighted by Gasteiger charge is -2.18. The van der Waals surface area contributed by atoms with Crippen LogP contribution in [-0.2, 0) is 107 Å². The molecule has 0 saturated carbocycles. The van der Waals surface area contributed by atoms with Crippen molar-refractivity contribution in [3.63, 3.8) is 0 Å². The van der Waals surface area contributed by atoms with Crippen LogP contribution in [0.4, 0.5) is 0 Å². The van der Waals surface area contributed by atoms with E-state index in [2.05, 4.69) is 72.4 Å². The molecule has 1 fully saturated rings. The fraction of sp³-hybridized carbons (Fsp3) is 0.348. The fourth-order valence-electron chi connectivity index (χ4n) is 8.91. The van der Waals surface area contributed by atoms with Crippen molar-refractivity contribution in [2.45, 2.75) is 111 Å². The van der Waals surface area contributed by atoms with Gasteiger partial charge in [0.2, 0.25) is 0 Å². The molecule has 6 aromatic rings. The van der Waals surface area contributed by atoms with E-state index in [-0.39, 0.29) is 91.3 Å². The number of para-hydroxylation sites is 1. The third kappa shape index (κ3) is 20.9. The second-order valence-electron chi connectivity index (χ2n) is 20.9. The van der Waals surface area contributed by atoms with Gasteiger partial charge in [0.05, 0.1) is 116 Å². The molecule has 1 aliphatic heterocycles. The van der Waals surface area contributed by atoms with Gasteiger partial charge in [-0.3, -0.25) is 0 Å². The average molecular weight is 1380 g/mol. The van der Waals surface area contributed by atoms with Gasteiger partial charge in [-0.25, -0.2) is 140 Å². The van der Waals surface area contributed by atoms with Crippen molar-refractivity contribution in [3.8, 4) is 5.69 Å². The molecular formula is C66H85N15O18. The zero-order valence-electron chi connectivity index (χ0n) is 56.0. The molecule has 0 aliphatic carbocycles. The Bertz CT molecular complexity index is 4730. The molecule has 2 unspecified atom stereocenters. The monoisotopic (exact) mass is 1380 g/mol. The number of rotatable bonds is 33. The second kappa shape index (κ2) is 40.6. The first-order valence-corrected chi connectivity index (χ1v) is 30.5. The van der Waals surface area contributed by atoms with Crippen molar-refractivity contribution in [1.82, 2.24) is 68.5 Å². The van der Waals surface area contributed by atoms with Gasteiger partial charge in [-0.05, 0) is 18.6 Å². The highest BCUT2D eigenvalue weighted by Crippen LogP contribution is 2.09. The van der Waals surface area contributed by atoms with E-state index in [1.165, 1.54) is 68.8 Å². The Labute approximate surface area is 564 Å². The maximum Gasteiger partial charge on any atom is 0.341 e. The van der Waals surface area contributed by atoms with Crippen molar-refractivity contribution in [1.29, 1.82) is 0 Å². The lowest BCUT2D eigenvalue weighted by molar-refractivity contribution is -0.00858. The van der Waals surface area contributed by atoms with Crippen LogP contribution in [0.15, 0.2) is 241 Å². The van der Waals surface area contributed by atoms with Crippen LogP contribution in [0, 0.1) is 0 Å². The van der Waals surface area contributed by atoms with E-state index in [0.29, 0.717) is 31.9 Å². The van der Waals surface area contributed by atoms with Gasteiger partial charge in [-0.1, -0.05) is 98.4 Å². The van der Waals surface area contributed by atoms with Gasteiger partial charge in [0.1, 0.15) is 0 Å². The van der Waals surface area contributed by atoms with Gasteiger partial charge in [-0.15, -0.1) is 72.4 Å². The predicted molar refractivity (Wildman–Crippen MR) is 377 cm³/mol. The summed E-state index contributed by atoms with van der Waals surface area (Å²) in [5.74, 6) is 0. The van der Waals surface area contributed by atoms with Crippen LogP contribution in [0.1, 0.15) is 19.8 Å². The molecular weight excluding hydrogens is 1290 g/mol. The molecule has 0 amide bonds. The van der Waals surface area contributed by atoms with E-state index in [1.807, 2.05) is 6.92 Å². The summed E-state index contributed by atoms with van der Waals surface area (Å²) in [5, 5.41) is 0. The van der Waals surface area contributed by atoms with Crippen molar-refractivity contribution < 1.29 is 14.2 Å². The van der Waals surface area contributed by atoms with Gasteiger partial charge in [0.25, 0.3) is 0 Å². The van der Waals surface area contributed by atoms with Crippen LogP contribution in [0.5, 0.6) is 0 Å². The van der Waals surface area contributed by atoms with Crippen LogP contribution in [-0.4, -0.2) is 107 Å². The van der Waals surface area contributed by atoms with E-state index in [9.17, 15) is 71.9 Å². The molecule has 0 radical (unpaired) electrons. The third-order valence-electron chi connectivity index (χ3n) is 13.8. The molecule has 2 atom stereocenters. The predicted octanol–water partition coefficient (Wildman–Crippen LogP) is -1.43. The Morgan fingerprint density at radius 2 is 0.687 bits per heavy atom. The van der Waals surface area contributed by atoms with Crippen LogP contribution >= 0.6 is 0 Å². The summed E-state index contributed by atoms with van der Waals surface area (Å²) in [6, 6.07) is 8.45. The molecule has 1 aliphatic rings. The van der Waals surface area contributed by atoms with E-state index in [4.69, 9.17) is 14.2 Å². The second-order valence-corrected chi connectivity index (χ2v) is 20.9. The maximum absolute atomic E-state index is 12.4. The number of aromatic nitrogens is 15. The minimum absolute atomic E-state index is 0.0108. The first-order valence-electron chi connectivity index (χ1n) is 30.5. The summed E-state index contributed by atoms with van der Waals surface area (Å²) in [7, 11) is 2.64. The molecule has 6 heterocycles. The molecule has 1 aromatic carbocycles. The summed E-state index contributed by atoms with van der Waals surface area (Å²) < 4.78 is 30.4. The summed E-state index contributed by atoms with van der Waals surface area (Å²) >= 11 is 0. The smallest absolute Gasteiger partial charge is 0.341 e. The van der Waals surface area contributed by atoms with Crippen LogP contribution in [0.2, 0.25) is 0 Å². The summed E-state index contributed by atoms with van der Waals surface area (Å²) in [6.45, 7) is 42.7. The SMILES string of the molecule is C=CCOCC(Cn1c(=O)n(C)c(=O)n(CC=C)c1=O)OCC=C.C=CCn1c(=O)n(C)c(=O)n(CC=C)c1=O.C=CCn1c(=O)n(CC=C)c(=O)n(-c2ccccc2)c1=O.C=CCn1c(=O)n(CC=C)c(=O)n(CC2CO2)c1=O.C=CCn1c(=O)n(CC=C)c(=O)n(CCCC)c1=O. The molecule has 33 nitrogen and oxygen atoms in total. The Hall–Kier alpha value is -11.7. The van der Waals surface area contributed by atoms with Crippen LogP contribution in [0.25, 0.3) is 5.69 Å². The van der Waals surface area contributed by atoms with Crippen molar-refractivity contribution in [2.24, 2.45) is 14.1 Å². The molecule has 33 heteroatoms. The van der Waals surface area contributed by atoms with Gasteiger partial charge in [0.15, 0.2) is 0 Å². The third-order valence-corrected chi connectivity index (χ3v) is 13.8. The minimum atomic E-state index is -0.709. The number of hydrogen-bond acceptors (Lipinski definition) is 18. The molecule has 5 aromatic heterocycles. The molecule has 7 rings (SSSR count). The van der Waals surface area contributed by atoms with Crippen molar-refractivity contribution >= 4 is 0 Å². The number of benzene rings is 1. The topological polar surface area (TPSA) is 361 Å². The van der Waals surface area contributed by atoms with Crippen LogP contribution < -0.4 is 85.3 Å². The molecule has 99 heavy (non-hydrogen) atoms. The van der Waals surface area contributed by atoms with E-state index >= 15 is 0 Å². The van der Waals surface area contributed by atoms with Gasteiger partial charge >= 0.3 is 85.3 Å². The molecule has 532 valence electrons. The largest absolute Gasteiger partial charge is 0.375 e. The standard InChI is InChI=1S/C16H23N3O5.C15H15N3O3.C13H19N3O3.C12H15N3O4.C10H13N3O3/c1-5-8-18-14(20)17(4)15(21)19(16(18)22)11-13(24-10-7-3)12-23-9-6-2;1-3-10-16-13(19)17(11-4-2)15(21)18(14(16)20)12-8-6-5-7-9-12;1-4-7-10-16-12(18)14(8-5-2)11(17)15(9-6-3)13(16)19;1-3-5-13-10(16)14(6-4-2)12(18)15(11(13)17)7-9-8-19-9;1-4-6-12-8(14)11(3)9(15)13(7-5-2)10(12)16/h5-7,13H,1-3,8-12H2,4H3;3-9H,1-2,10-11H2;5-6H,2-4,7-10H2,1H3;3-4,9H,1-2,5-8H2;4-5H,1-2,6-7H2,3H3. The minimum Gasteiger partial charge on any atom is -0.375 e. The number of nitrogens with zero attached hydrogens (tertiary/aromatic N) is 15. The number of ether oxygens (including phenoxy) is 3. The Morgan fingerprint density at radius 1 is 0.394 bits per heavy atom. The van der Waals surface area contributed by atoms with E-state index < -0.39 is 91.5 Å². The zero-order valence-corrected chi connectivity index (χ0v) is 56.0. The highest BCUT2D eigenvalue weighted by molar-refractivity contribution is 5.30. The zero-order chi connectivity index (χ0) is 74.2. The fourth-order valence-corrected chi connectivity index (χ4v) is 8.91. The first-order chi connectivity index (χ1) is 47.3. The van der Waals surface area contributed by atoms with Crippen molar-refractivity contribution in [2.75, 3.05) is 26.4 Å². The summed E-state index contributed by atoms with van der Waals surface area (Å²) in [6.07, 6.45) is 16.9. The van der Waals surface area contributed by atoms with Crippen LogP contribution in [0.3, 0.4) is 0 Å². The normalized spacial score (nSPS) is 12.0. The van der Waals surface area contributed by atoms with Crippen molar-refractivity contribution in [3.05, 3.63) is 327 Å². The lowest BCUT2D eigenvalue weighted by Crippen LogP contribution is -2.54. The quantitative estimate of drug-likeness (QED) is 0.0259. The maximum atomic E-state index is 12.4. The molecule has 0 bridgehead atoms. The molecule has 1 saturated heterocycles. The van der Waals surface area contributed by atoms with Gasteiger partial charge < -0.3 is 14.2 Å². The lowest BCUT2D eigenvalue weighted by atomic mass is 10.3. The number of allylic oxidation sites excluding steroid dienone is 9. The highest BCUT2D eigenvalue weighted by atomic mass is 16.6. The van der Waals surface area contributed by atoms with Gasteiger partial charge in [-0.2, -0.15) is 0 Å². The van der Waals surface area contributed by atoms with E-state index in [1.54, 1.807) is 42.5 Å². The Morgan fingerprint density at radius 3 is 1.00 bits per heavy atom. The summed E-state index contributed by atoms with van der Waals surface area (Å²) in [5.41, 5.74) is -9.37. The molecule has 0 spiro atoms. The Balaban J connectivity index is 0.000000324. The highest BCUT2D eigenvalue weighted by Gasteiger charge is 2.27.